The summed E-state index contributed by atoms with van der Waals surface area (Å²) >= 11 is 0. The molecule has 1 aliphatic heterocycles. The van der Waals surface area contributed by atoms with Crippen LogP contribution in [0.4, 0.5) is 17.1 Å². The lowest BCUT2D eigenvalue weighted by Crippen LogP contribution is -2.33. The second kappa shape index (κ2) is 8.06. The lowest BCUT2D eigenvalue weighted by Gasteiger charge is -2.33. The Bertz CT molecular complexity index is 493. The number of hydrogen-bond donors (Lipinski definition) is 2. The Kier molecular flexibility index (Phi) is 6.10. The number of piperidine rings is 1. The molecule has 4 heteroatoms. The van der Waals surface area contributed by atoms with Crippen LogP contribution in [-0.2, 0) is 4.79 Å². The fourth-order valence-corrected chi connectivity index (χ4v) is 2.93. The van der Waals surface area contributed by atoms with Crippen molar-refractivity contribution in [3.05, 3.63) is 18.2 Å². The highest BCUT2D eigenvalue weighted by atomic mass is 16.1. The van der Waals surface area contributed by atoms with Crippen LogP contribution >= 0.6 is 0 Å². The Morgan fingerprint density at radius 1 is 1.32 bits per heavy atom. The van der Waals surface area contributed by atoms with Gasteiger partial charge in [-0.25, -0.2) is 0 Å². The quantitative estimate of drug-likeness (QED) is 0.616. The van der Waals surface area contributed by atoms with Crippen LogP contribution in [0.15, 0.2) is 18.2 Å². The maximum Gasteiger partial charge on any atom is 0.224 e. The van der Waals surface area contributed by atoms with Gasteiger partial charge in [-0.1, -0.05) is 26.7 Å². The zero-order chi connectivity index (χ0) is 15.9. The Labute approximate surface area is 134 Å². The molecular weight excluding hydrogens is 274 g/mol. The van der Waals surface area contributed by atoms with Gasteiger partial charge in [-0.15, -0.1) is 0 Å². The van der Waals surface area contributed by atoms with E-state index in [0.29, 0.717) is 12.1 Å². The fraction of sp³-hybridized carbons (Fsp3) is 0.611. The highest BCUT2D eigenvalue weighted by Gasteiger charge is 2.19. The number of nitrogens with zero attached hydrogens (tertiary/aromatic N) is 1. The first-order chi connectivity index (χ1) is 10.6. The number of amides is 1. The van der Waals surface area contributed by atoms with Crippen molar-refractivity contribution in [2.75, 3.05) is 29.0 Å². The van der Waals surface area contributed by atoms with E-state index >= 15 is 0 Å². The Hall–Kier alpha value is -1.71. The summed E-state index contributed by atoms with van der Waals surface area (Å²) in [7, 11) is 0. The van der Waals surface area contributed by atoms with Gasteiger partial charge < -0.3 is 16.0 Å². The van der Waals surface area contributed by atoms with E-state index in [-0.39, 0.29) is 5.91 Å². The normalized spacial score (nSPS) is 15.8. The molecule has 0 spiro atoms. The molecular formula is C18H29N3O. The van der Waals surface area contributed by atoms with Crippen LogP contribution in [0.1, 0.15) is 52.4 Å². The number of benzene rings is 1. The molecule has 122 valence electrons. The summed E-state index contributed by atoms with van der Waals surface area (Å²) in [6.45, 7) is 6.54. The first-order valence-corrected chi connectivity index (χ1v) is 8.54. The van der Waals surface area contributed by atoms with Gasteiger partial charge in [0.05, 0.1) is 11.4 Å². The number of anilines is 3. The van der Waals surface area contributed by atoms with E-state index in [4.69, 9.17) is 5.73 Å². The highest BCUT2D eigenvalue weighted by molar-refractivity contribution is 5.95. The van der Waals surface area contributed by atoms with Crippen molar-refractivity contribution in [3.63, 3.8) is 0 Å². The SMILES string of the molecule is CCCCCC(=O)Nc1cc(N)ccc1N1CCC(C)CC1. The van der Waals surface area contributed by atoms with Gasteiger partial charge in [0.2, 0.25) is 5.91 Å². The third-order valence-electron chi connectivity index (χ3n) is 4.43. The Balaban J connectivity index is 2.05. The van der Waals surface area contributed by atoms with Gasteiger partial charge in [0.25, 0.3) is 0 Å². The summed E-state index contributed by atoms with van der Waals surface area (Å²) in [5, 5.41) is 3.06. The van der Waals surface area contributed by atoms with E-state index < -0.39 is 0 Å². The maximum atomic E-state index is 12.1. The molecule has 0 bridgehead atoms. The van der Waals surface area contributed by atoms with Crippen LogP contribution in [0.3, 0.4) is 0 Å². The number of unbranched alkanes of at least 4 members (excludes halogenated alkanes) is 2. The van der Waals surface area contributed by atoms with Crippen LogP contribution < -0.4 is 16.0 Å². The predicted octanol–water partition coefficient (Wildman–Crippen LogP) is 4.02. The minimum Gasteiger partial charge on any atom is -0.399 e. The molecule has 4 nitrogen and oxygen atoms in total. The number of carbonyl (C=O) groups excluding carboxylic acids is 1. The second-order valence-electron chi connectivity index (χ2n) is 6.45. The third-order valence-corrected chi connectivity index (χ3v) is 4.43. The lowest BCUT2D eigenvalue weighted by atomic mass is 9.98. The number of carbonyl (C=O) groups is 1. The minimum absolute atomic E-state index is 0.0886. The van der Waals surface area contributed by atoms with Crippen molar-refractivity contribution in [3.8, 4) is 0 Å². The van der Waals surface area contributed by atoms with Gasteiger partial charge in [0.1, 0.15) is 0 Å². The van der Waals surface area contributed by atoms with Crippen molar-refractivity contribution in [1.82, 2.24) is 0 Å². The molecule has 0 unspecified atom stereocenters. The van der Waals surface area contributed by atoms with E-state index in [1.807, 2.05) is 18.2 Å². The molecule has 0 atom stereocenters. The molecule has 1 aliphatic rings. The molecule has 22 heavy (non-hydrogen) atoms. The van der Waals surface area contributed by atoms with E-state index in [2.05, 4.69) is 24.1 Å². The van der Waals surface area contributed by atoms with Crippen molar-refractivity contribution in [1.29, 1.82) is 0 Å². The molecule has 1 fully saturated rings. The number of rotatable bonds is 6. The largest absolute Gasteiger partial charge is 0.399 e. The summed E-state index contributed by atoms with van der Waals surface area (Å²) in [5.74, 6) is 0.878. The van der Waals surface area contributed by atoms with Crippen molar-refractivity contribution < 1.29 is 4.79 Å². The van der Waals surface area contributed by atoms with Crippen LogP contribution in [0.2, 0.25) is 0 Å². The molecule has 0 aliphatic carbocycles. The molecule has 1 aromatic rings. The number of nitrogen functional groups attached to an aromatic ring is 1. The fourth-order valence-electron chi connectivity index (χ4n) is 2.93. The predicted molar refractivity (Wildman–Crippen MR) is 94.2 cm³/mol. The average Bonchev–Trinajstić information content (AvgIpc) is 2.49. The van der Waals surface area contributed by atoms with E-state index in [1.165, 1.54) is 12.8 Å². The topological polar surface area (TPSA) is 58.4 Å². The summed E-state index contributed by atoms with van der Waals surface area (Å²) in [6, 6.07) is 5.83. The summed E-state index contributed by atoms with van der Waals surface area (Å²) in [5.41, 5.74) is 8.56. The van der Waals surface area contributed by atoms with Crippen LogP contribution in [0.25, 0.3) is 0 Å². The van der Waals surface area contributed by atoms with Gasteiger partial charge in [0, 0.05) is 25.2 Å². The average molecular weight is 303 g/mol. The van der Waals surface area contributed by atoms with Crippen molar-refractivity contribution in [2.45, 2.75) is 52.4 Å². The first kappa shape index (κ1) is 16.7. The van der Waals surface area contributed by atoms with Gasteiger partial charge in [-0.3, -0.25) is 4.79 Å². The zero-order valence-corrected chi connectivity index (χ0v) is 13.9. The van der Waals surface area contributed by atoms with Gasteiger partial charge in [-0.05, 0) is 43.4 Å². The molecule has 1 amide bonds. The van der Waals surface area contributed by atoms with Gasteiger partial charge in [-0.2, -0.15) is 0 Å². The Morgan fingerprint density at radius 3 is 2.73 bits per heavy atom. The third kappa shape index (κ3) is 4.65. The molecule has 1 saturated heterocycles. The maximum absolute atomic E-state index is 12.1. The Morgan fingerprint density at radius 2 is 2.05 bits per heavy atom. The standard InChI is InChI=1S/C18H29N3O/c1-3-4-5-6-18(22)20-16-13-15(19)7-8-17(16)21-11-9-14(2)10-12-21/h7-8,13-14H,3-6,9-12,19H2,1-2H3,(H,20,22). The van der Waals surface area contributed by atoms with E-state index in [9.17, 15) is 4.79 Å². The molecule has 3 N–H and O–H groups in total. The lowest BCUT2D eigenvalue weighted by molar-refractivity contribution is -0.116. The molecule has 1 heterocycles. The summed E-state index contributed by atoms with van der Waals surface area (Å²) < 4.78 is 0. The number of nitrogens with one attached hydrogen (secondary N) is 1. The molecule has 0 radical (unpaired) electrons. The first-order valence-electron chi connectivity index (χ1n) is 8.54. The minimum atomic E-state index is 0.0886. The molecule has 0 saturated carbocycles. The molecule has 2 rings (SSSR count). The summed E-state index contributed by atoms with van der Waals surface area (Å²) in [6.07, 6.45) is 6.16. The zero-order valence-electron chi connectivity index (χ0n) is 13.9. The van der Waals surface area contributed by atoms with Crippen LogP contribution in [0, 0.1) is 5.92 Å². The second-order valence-corrected chi connectivity index (χ2v) is 6.45. The molecule has 0 aromatic heterocycles. The van der Waals surface area contributed by atoms with Crippen LogP contribution in [-0.4, -0.2) is 19.0 Å². The monoisotopic (exact) mass is 303 g/mol. The van der Waals surface area contributed by atoms with Crippen molar-refractivity contribution in [2.24, 2.45) is 5.92 Å². The smallest absolute Gasteiger partial charge is 0.224 e. The number of nitrogens with two attached hydrogens (primary N) is 1. The highest BCUT2D eigenvalue weighted by Crippen LogP contribution is 2.31. The van der Waals surface area contributed by atoms with E-state index in [1.54, 1.807) is 0 Å². The van der Waals surface area contributed by atoms with Gasteiger partial charge >= 0.3 is 0 Å². The molecule has 1 aromatic carbocycles. The van der Waals surface area contributed by atoms with E-state index in [0.717, 1.165) is 49.6 Å². The van der Waals surface area contributed by atoms with Crippen LogP contribution in [0.5, 0.6) is 0 Å². The van der Waals surface area contributed by atoms with Gasteiger partial charge in [0.15, 0.2) is 0 Å². The number of hydrogen-bond acceptors (Lipinski definition) is 3. The van der Waals surface area contributed by atoms with Crippen molar-refractivity contribution >= 4 is 23.0 Å². The summed E-state index contributed by atoms with van der Waals surface area (Å²) in [4.78, 5) is 14.5.